The Kier molecular flexibility index (Phi) is 8.96. The topological polar surface area (TPSA) is 85.9 Å². The van der Waals surface area contributed by atoms with E-state index in [1.165, 1.54) is 0 Å². The summed E-state index contributed by atoms with van der Waals surface area (Å²) in [6.07, 6.45) is 2.08. The van der Waals surface area contributed by atoms with Gasteiger partial charge in [-0.05, 0) is 56.9 Å². The number of benzene rings is 2. The summed E-state index contributed by atoms with van der Waals surface area (Å²) in [5.74, 6) is 0.701. The molecule has 0 bridgehead atoms. The SMILES string of the molecule is CCCCC1=C(C(=O)OC(C)C)C(c2ccc(OCc3ccccc3)c(OCC)c2)NC(=O)N1. The summed E-state index contributed by atoms with van der Waals surface area (Å²) in [7, 11) is 0. The van der Waals surface area contributed by atoms with E-state index < -0.39 is 12.0 Å². The first-order valence-electron chi connectivity index (χ1n) is 11.9. The Hall–Kier alpha value is -3.48. The molecule has 0 saturated carbocycles. The van der Waals surface area contributed by atoms with Crippen molar-refractivity contribution in [3.05, 3.63) is 70.9 Å². The normalized spacial score (nSPS) is 15.6. The number of hydrogen-bond acceptors (Lipinski definition) is 5. The number of urea groups is 1. The van der Waals surface area contributed by atoms with Gasteiger partial charge in [0, 0.05) is 5.70 Å². The molecule has 2 aromatic rings. The van der Waals surface area contributed by atoms with Gasteiger partial charge in [-0.25, -0.2) is 9.59 Å². The number of hydrogen-bond donors (Lipinski definition) is 2. The summed E-state index contributed by atoms with van der Waals surface area (Å²) in [6, 6.07) is 14.4. The average Bonchev–Trinajstić information content (AvgIpc) is 2.81. The van der Waals surface area contributed by atoms with Gasteiger partial charge in [0.05, 0.1) is 24.3 Å². The lowest BCUT2D eigenvalue weighted by Crippen LogP contribution is -2.46. The molecular formula is C27H34N2O5. The fraction of sp³-hybridized carbons (Fsp3) is 0.407. The number of amides is 2. The van der Waals surface area contributed by atoms with Gasteiger partial charge in [-0.3, -0.25) is 0 Å². The Morgan fingerprint density at radius 1 is 1.03 bits per heavy atom. The number of carbonyl (C=O) groups excluding carboxylic acids is 2. The van der Waals surface area contributed by atoms with Crippen LogP contribution in [-0.4, -0.2) is 24.7 Å². The third kappa shape index (κ3) is 6.53. The van der Waals surface area contributed by atoms with Crippen molar-refractivity contribution in [3.8, 4) is 11.5 Å². The molecule has 0 fully saturated rings. The quantitative estimate of drug-likeness (QED) is 0.432. The van der Waals surface area contributed by atoms with Gasteiger partial charge in [0.2, 0.25) is 0 Å². The van der Waals surface area contributed by atoms with Crippen LogP contribution in [0.3, 0.4) is 0 Å². The molecule has 2 amide bonds. The van der Waals surface area contributed by atoms with Crippen LogP contribution in [0.25, 0.3) is 0 Å². The maximum Gasteiger partial charge on any atom is 0.338 e. The maximum atomic E-state index is 13.1. The summed E-state index contributed by atoms with van der Waals surface area (Å²) in [5.41, 5.74) is 2.78. The van der Waals surface area contributed by atoms with E-state index in [4.69, 9.17) is 14.2 Å². The fourth-order valence-corrected chi connectivity index (χ4v) is 3.76. The number of carbonyl (C=O) groups is 2. The largest absolute Gasteiger partial charge is 0.490 e. The van der Waals surface area contributed by atoms with Crippen molar-refractivity contribution in [1.29, 1.82) is 0 Å². The third-order valence-corrected chi connectivity index (χ3v) is 5.33. The predicted octanol–water partition coefficient (Wildman–Crippen LogP) is 5.41. The molecule has 0 aliphatic carbocycles. The molecular weight excluding hydrogens is 432 g/mol. The second-order valence-electron chi connectivity index (χ2n) is 8.39. The number of unbranched alkanes of at least 4 members (excludes halogenated alkanes) is 1. The first-order chi connectivity index (χ1) is 16.4. The highest BCUT2D eigenvalue weighted by Gasteiger charge is 2.34. The predicted molar refractivity (Wildman–Crippen MR) is 131 cm³/mol. The molecule has 0 saturated heterocycles. The lowest BCUT2D eigenvalue weighted by Gasteiger charge is -2.30. The van der Waals surface area contributed by atoms with Crippen molar-refractivity contribution >= 4 is 12.0 Å². The van der Waals surface area contributed by atoms with Gasteiger partial charge >= 0.3 is 12.0 Å². The van der Waals surface area contributed by atoms with Crippen LogP contribution in [0.5, 0.6) is 11.5 Å². The van der Waals surface area contributed by atoms with E-state index in [2.05, 4.69) is 17.6 Å². The molecule has 1 aliphatic heterocycles. The smallest absolute Gasteiger partial charge is 0.338 e. The highest BCUT2D eigenvalue weighted by molar-refractivity contribution is 5.95. The van der Waals surface area contributed by atoms with E-state index in [-0.39, 0.29) is 12.1 Å². The molecule has 0 spiro atoms. The second kappa shape index (κ2) is 12.1. The highest BCUT2D eigenvalue weighted by atomic mass is 16.5. The summed E-state index contributed by atoms with van der Waals surface area (Å²) >= 11 is 0. The average molecular weight is 467 g/mol. The van der Waals surface area contributed by atoms with Crippen molar-refractivity contribution in [2.45, 2.75) is 65.7 Å². The highest BCUT2D eigenvalue weighted by Crippen LogP contribution is 2.36. The molecule has 2 N–H and O–H groups in total. The molecule has 7 heteroatoms. The minimum Gasteiger partial charge on any atom is -0.490 e. The van der Waals surface area contributed by atoms with E-state index in [9.17, 15) is 9.59 Å². The van der Waals surface area contributed by atoms with Gasteiger partial charge in [-0.2, -0.15) is 0 Å². The molecule has 182 valence electrons. The van der Waals surface area contributed by atoms with Crippen LogP contribution in [0, 0.1) is 0 Å². The zero-order valence-corrected chi connectivity index (χ0v) is 20.4. The zero-order chi connectivity index (χ0) is 24.5. The second-order valence-corrected chi connectivity index (χ2v) is 8.39. The third-order valence-electron chi connectivity index (χ3n) is 5.33. The molecule has 0 aromatic heterocycles. The number of allylic oxidation sites excluding steroid dienone is 1. The fourth-order valence-electron chi connectivity index (χ4n) is 3.76. The van der Waals surface area contributed by atoms with Crippen LogP contribution in [0.15, 0.2) is 59.8 Å². The van der Waals surface area contributed by atoms with Crippen LogP contribution in [0.2, 0.25) is 0 Å². The van der Waals surface area contributed by atoms with Crippen LogP contribution in [0.4, 0.5) is 4.79 Å². The summed E-state index contributed by atoms with van der Waals surface area (Å²) in [5, 5.41) is 5.70. The maximum absolute atomic E-state index is 13.1. The Morgan fingerprint density at radius 3 is 2.47 bits per heavy atom. The summed E-state index contributed by atoms with van der Waals surface area (Å²) in [6.45, 7) is 8.42. The van der Waals surface area contributed by atoms with E-state index in [0.717, 1.165) is 24.0 Å². The monoisotopic (exact) mass is 466 g/mol. The number of ether oxygens (including phenoxy) is 3. The van der Waals surface area contributed by atoms with Crippen molar-refractivity contribution in [2.75, 3.05) is 6.61 Å². The van der Waals surface area contributed by atoms with Gasteiger partial charge < -0.3 is 24.8 Å². The van der Waals surface area contributed by atoms with E-state index >= 15 is 0 Å². The summed E-state index contributed by atoms with van der Waals surface area (Å²) in [4.78, 5) is 25.6. The Morgan fingerprint density at radius 2 is 1.79 bits per heavy atom. The number of esters is 1. The standard InChI is InChI=1S/C27H34N2O5/c1-5-7-13-21-24(26(30)34-18(3)4)25(29-27(31)28-21)20-14-15-22(23(16-20)32-6-2)33-17-19-11-9-8-10-12-19/h8-12,14-16,18,25H,5-7,13,17H2,1-4H3,(H2,28,29,31). The zero-order valence-electron chi connectivity index (χ0n) is 20.4. The number of rotatable bonds is 11. The van der Waals surface area contributed by atoms with Crippen LogP contribution < -0.4 is 20.1 Å². The minimum absolute atomic E-state index is 0.279. The van der Waals surface area contributed by atoms with E-state index in [1.807, 2.05) is 55.5 Å². The van der Waals surface area contributed by atoms with Crippen LogP contribution in [-0.2, 0) is 16.1 Å². The molecule has 7 nitrogen and oxygen atoms in total. The van der Waals surface area contributed by atoms with Crippen molar-refractivity contribution < 1.29 is 23.8 Å². The van der Waals surface area contributed by atoms with Crippen molar-refractivity contribution in [2.24, 2.45) is 0 Å². The van der Waals surface area contributed by atoms with Crippen molar-refractivity contribution in [1.82, 2.24) is 10.6 Å². The molecule has 2 aromatic carbocycles. The first-order valence-corrected chi connectivity index (χ1v) is 11.9. The van der Waals surface area contributed by atoms with E-state index in [0.29, 0.717) is 42.4 Å². The lowest BCUT2D eigenvalue weighted by atomic mass is 9.93. The van der Waals surface area contributed by atoms with Crippen LogP contribution in [0.1, 0.15) is 64.1 Å². The van der Waals surface area contributed by atoms with Gasteiger partial charge in [-0.1, -0.05) is 49.7 Å². The Labute approximate surface area is 201 Å². The first kappa shape index (κ1) is 25.1. The van der Waals surface area contributed by atoms with Gasteiger partial charge in [-0.15, -0.1) is 0 Å². The molecule has 1 aliphatic rings. The van der Waals surface area contributed by atoms with Crippen LogP contribution >= 0.6 is 0 Å². The van der Waals surface area contributed by atoms with Gasteiger partial charge in [0.1, 0.15) is 6.61 Å². The Bertz CT molecular complexity index is 1020. The molecule has 1 heterocycles. The Balaban J connectivity index is 1.95. The van der Waals surface area contributed by atoms with Gasteiger partial charge in [0.15, 0.2) is 11.5 Å². The van der Waals surface area contributed by atoms with Crippen molar-refractivity contribution in [3.63, 3.8) is 0 Å². The summed E-state index contributed by atoms with van der Waals surface area (Å²) < 4.78 is 17.4. The lowest BCUT2D eigenvalue weighted by molar-refractivity contribution is -0.143. The molecule has 34 heavy (non-hydrogen) atoms. The molecule has 3 rings (SSSR count). The van der Waals surface area contributed by atoms with Gasteiger partial charge in [0.25, 0.3) is 0 Å². The van der Waals surface area contributed by atoms with E-state index in [1.54, 1.807) is 13.8 Å². The minimum atomic E-state index is -0.658. The molecule has 1 unspecified atom stereocenters. The molecule has 1 atom stereocenters. The molecule has 0 radical (unpaired) electrons. The number of nitrogens with one attached hydrogen (secondary N) is 2.